The topological polar surface area (TPSA) is 54.8 Å². The largest absolute Gasteiger partial charge is 0.338 e. The third-order valence-corrected chi connectivity index (χ3v) is 6.69. The summed E-state index contributed by atoms with van der Waals surface area (Å²) in [5.74, 6) is -0.538. The summed E-state index contributed by atoms with van der Waals surface area (Å²) in [6, 6.07) is 2.92. The first kappa shape index (κ1) is 20.8. The maximum Gasteiger partial charge on any atom is 0.186 e. The van der Waals surface area contributed by atoms with Crippen LogP contribution in [0, 0.1) is 5.82 Å². The van der Waals surface area contributed by atoms with Crippen LogP contribution in [0.2, 0.25) is 5.15 Å². The number of nitrogens with one attached hydrogen (secondary N) is 2. The lowest BCUT2D eigenvalue weighted by atomic mass is 10.1. The van der Waals surface area contributed by atoms with E-state index in [1.807, 2.05) is 20.1 Å². The van der Waals surface area contributed by atoms with Crippen molar-refractivity contribution in [3.63, 3.8) is 0 Å². The molecule has 0 saturated carbocycles. The monoisotopic (exact) mass is 435 g/mol. The van der Waals surface area contributed by atoms with E-state index in [2.05, 4.69) is 31.2 Å². The van der Waals surface area contributed by atoms with Crippen molar-refractivity contribution in [2.75, 3.05) is 25.9 Å². The Morgan fingerprint density at radius 2 is 2.07 bits per heavy atom. The number of hydrogen-bond acceptors (Lipinski definition) is 5. The fraction of sp³-hybridized carbons (Fsp3) is 0.524. The fourth-order valence-corrected chi connectivity index (χ4v) is 5.19. The van der Waals surface area contributed by atoms with E-state index >= 15 is 0 Å². The van der Waals surface area contributed by atoms with Crippen molar-refractivity contribution in [1.82, 2.24) is 25.2 Å². The molecule has 2 saturated heterocycles. The van der Waals surface area contributed by atoms with Crippen molar-refractivity contribution < 1.29 is 4.39 Å². The molecule has 29 heavy (non-hydrogen) atoms. The van der Waals surface area contributed by atoms with Crippen LogP contribution in [0.3, 0.4) is 0 Å². The zero-order valence-corrected chi connectivity index (χ0v) is 18.6. The third-order valence-electron chi connectivity index (χ3n) is 5.73. The number of rotatable bonds is 3. The molecule has 2 aliphatic heterocycles. The summed E-state index contributed by atoms with van der Waals surface area (Å²) in [6.07, 6.45) is 7.01. The van der Waals surface area contributed by atoms with Gasteiger partial charge >= 0.3 is 0 Å². The summed E-state index contributed by atoms with van der Waals surface area (Å²) < 4.78 is 17.2. The van der Waals surface area contributed by atoms with Crippen molar-refractivity contribution >= 4 is 45.2 Å². The molecule has 0 radical (unpaired) electrons. The number of nitrogens with zero attached hydrogens (tertiary/aromatic N) is 3. The second kappa shape index (κ2) is 8.76. The number of aromatic nitrogens is 3. The second-order valence-corrected chi connectivity index (χ2v) is 8.40. The molecule has 2 aliphatic rings. The van der Waals surface area contributed by atoms with Gasteiger partial charge in [-0.1, -0.05) is 25.4 Å². The molecule has 5 heterocycles. The first-order valence-corrected chi connectivity index (χ1v) is 12.0. The van der Waals surface area contributed by atoms with Crippen molar-refractivity contribution in [1.29, 1.82) is 0 Å². The second-order valence-electron chi connectivity index (χ2n) is 7.24. The van der Waals surface area contributed by atoms with Crippen molar-refractivity contribution in [3.05, 3.63) is 28.9 Å². The zero-order valence-electron chi connectivity index (χ0n) is 17.1. The van der Waals surface area contributed by atoms with Crippen LogP contribution in [-0.2, 0) is 0 Å². The molecule has 5 rings (SSSR count). The summed E-state index contributed by atoms with van der Waals surface area (Å²) in [6.45, 7) is 6.96. The molecule has 2 unspecified atom stereocenters. The molecule has 5 nitrogen and oxygen atoms in total. The van der Waals surface area contributed by atoms with Crippen LogP contribution in [0.5, 0.6) is 0 Å². The van der Waals surface area contributed by atoms with Gasteiger partial charge in [-0.3, -0.25) is 0 Å². The molecule has 156 valence electrons. The van der Waals surface area contributed by atoms with Gasteiger partial charge < -0.3 is 15.2 Å². The van der Waals surface area contributed by atoms with Gasteiger partial charge in [0.05, 0.1) is 5.52 Å². The van der Waals surface area contributed by atoms with Crippen LogP contribution in [0.1, 0.15) is 50.9 Å². The van der Waals surface area contributed by atoms with Gasteiger partial charge in [0.15, 0.2) is 11.0 Å². The van der Waals surface area contributed by atoms with Crippen molar-refractivity contribution in [3.8, 4) is 0 Å². The fourth-order valence-electron chi connectivity index (χ4n) is 4.50. The lowest BCUT2D eigenvalue weighted by Gasteiger charge is -2.21. The predicted molar refractivity (Wildman–Crippen MR) is 120 cm³/mol. The minimum absolute atomic E-state index is 0.125. The van der Waals surface area contributed by atoms with Crippen LogP contribution >= 0.6 is 23.4 Å². The maximum atomic E-state index is 14.8. The molecule has 2 N–H and O–H groups in total. The lowest BCUT2D eigenvalue weighted by Crippen LogP contribution is -2.21. The average molecular weight is 436 g/mol. The molecule has 2 atom stereocenters. The van der Waals surface area contributed by atoms with Crippen LogP contribution in [0.15, 0.2) is 17.3 Å². The first-order chi connectivity index (χ1) is 14.2. The Kier molecular flexibility index (Phi) is 6.30. The summed E-state index contributed by atoms with van der Waals surface area (Å²) in [5.41, 5.74) is 2.61. The number of pyridine rings is 2. The van der Waals surface area contributed by atoms with E-state index in [1.165, 1.54) is 12.1 Å². The van der Waals surface area contributed by atoms with Crippen LogP contribution < -0.4 is 10.6 Å². The molecule has 0 amide bonds. The van der Waals surface area contributed by atoms with E-state index in [0.717, 1.165) is 53.8 Å². The van der Waals surface area contributed by atoms with E-state index in [0.29, 0.717) is 17.6 Å². The molecular formula is C21H27ClFN5S. The van der Waals surface area contributed by atoms with Crippen LogP contribution in [0.25, 0.3) is 21.8 Å². The highest BCUT2D eigenvalue weighted by Crippen LogP contribution is 2.40. The molecule has 0 aromatic carbocycles. The van der Waals surface area contributed by atoms with Crippen LogP contribution in [-0.4, -0.2) is 40.4 Å². The predicted octanol–water partition coefficient (Wildman–Crippen LogP) is 5.08. The summed E-state index contributed by atoms with van der Waals surface area (Å²) >= 11 is 7.49. The van der Waals surface area contributed by atoms with Gasteiger partial charge in [-0.15, -0.1) is 11.8 Å². The number of halogens is 2. The highest BCUT2D eigenvalue weighted by atomic mass is 35.5. The minimum atomic E-state index is -0.538. The number of thioether (sulfide) groups is 1. The van der Waals surface area contributed by atoms with E-state index in [1.54, 1.807) is 18.0 Å². The molecular weight excluding hydrogens is 409 g/mol. The Balaban J connectivity index is 0.000000994. The number of hydrogen-bond donors (Lipinski definition) is 2. The quantitative estimate of drug-likeness (QED) is 0.443. The summed E-state index contributed by atoms with van der Waals surface area (Å²) in [4.78, 5) is 8.69. The van der Waals surface area contributed by atoms with Gasteiger partial charge in [0.2, 0.25) is 0 Å². The minimum Gasteiger partial charge on any atom is -0.338 e. The lowest BCUT2D eigenvalue weighted by molar-refractivity contribution is 0.504. The smallest absolute Gasteiger partial charge is 0.186 e. The normalized spacial score (nSPS) is 21.7. The first-order valence-electron chi connectivity index (χ1n) is 10.4. The van der Waals surface area contributed by atoms with Gasteiger partial charge in [0.1, 0.15) is 10.5 Å². The van der Waals surface area contributed by atoms with E-state index in [4.69, 9.17) is 11.6 Å². The molecule has 2 fully saturated rings. The Labute approximate surface area is 179 Å². The van der Waals surface area contributed by atoms with Gasteiger partial charge in [0, 0.05) is 41.3 Å². The van der Waals surface area contributed by atoms with Gasteiger partial charge in [0.25, 0.3) is 0 Å². The van der Waals surface area contributed by atoms with E-state index in [-0.39, 0.29) is 5.15 Å². The maximum absolute atomic E-state index is 14.8. The van der Waals surface area contributed by atoms with Gasteiger partial charge in [-0.2, -0.15) is 0 Å². The van der Waals surface area contributed by atoms with Crippen molar-refractivity contribution in [2.45, 2.75) is 50.2 Å². The average Bonchev–Trinajstić information content (AvgIpc) is 3.51. The van der Waals surface area contributed by atoms with E-state index < -0.39 is 5.82 Å². The van der Waals surface area contributed by atoms with Crippen molar-refractivity contribution in [2.24, 2.45) is 0 Å². The Hall–Kier alpha value is -1.41. The molecule has 3 aromatic rings. The molecule has 0 aliphatic carbocycles. The standard InChI is InChI=1S/C19H21ClFN5S.C2H6/c1-27-19-11-7-14(13-3-2-5-23-13)26(10-4-6-22-8-10)17(11)12-9-24-18(20)15(21)16(12)25-19;1-2/h7,9-10,13,22-23H,2-6,8H2,1H3;1-2H3. The Bertz CT molecular complexity index is 1030. The molecule has 0 spiro atoms. The van der Waals surface area contributed by atoms with E-state index in [9.17, 15) is 4.39 Å². The highest BCUT2D eigenvalue weighted by Gasteiger charge is 2.29. The SMILES string of the molecule is CC.CSc1nc2c(F)c(Cl)ncc2c2c1cc(C1CCCN1)n2C1CCNC1. The molecule has 0 bridgehead atoms. The summed E-state index contributed by atoms with van der Waals surface area (Å²) in [5, 5.41) is 9.62. The highest BCUT2D eigenvalue weighted by molar-refractivity contribution is 7.98. The zero-order chi connectivity index (χ0) is 20.5. The number of fused-ring (bicyclic) bond motifs is 3. The molecule has 3 aromatic heterocycles. The van der Waals surface area contributed by atoms with Gasteiger partial charge in [-0.05, 0) is 44.7 Å². The van der Waals surface area contributed by atoms with Crippen LogP contribution in [0.4, 0.5) is 4.39 Å². The molecule has 8 heteroatoms. The Morgan fingerprint density at radius 1 is 1.24 bits per heavy atom. The summed E-state index contributed by atoms with van der Waals surface area (Å²) in [7, 11) is 0. The third kappa shape index (κ3) is 3.52. The van der Waals surface area contributed by atoms with Gasteiger partial charge in [-0.25, -0.2) is 14.4 Å². The Morgan fingerprint density at radius 3 is 2.72 bits per heavy atom.